The number of hydrogen-bond acceptors (Lipinski definition) is 2. The fraction of sp³-hybridized carbons (Fsp3) is 0.974. The van der Waals surface area contributed by atoms with Crippen molar-refractivity contribution in [2.75, 3.05) is 6.61 Å². The highest BCUT2D eigenvalue weighted by Crippen LogP contribution is 2.14. The third kappa shape index (κ3) is 71.1. The number of rotatable bonds is 21. The fourth-order valence-corrected chi connectivity index (χ4v) is 3.58. The van der Waals surface area contributed by atoms with E-state index in [1.807, 2.05) is 34.6 Å². The normalized spacial score (nSPS) is 9.93. The number of carbonyl (C=O) groups excluding carboxylic acids is 1. The van der Waals surface area contributed by atoms with Gasteiger partial charge in [0, 0.05) is 0 Å². The van der Waals surface area contributed by atoms with Gasteiger partial charge in [-0.3, -0.25) is 4.79 Å². The largest absolute Gasteiger partial charge is 0.465 e. The van der Waals surface area contributed by atoms with Gasteiger partial charge in [0.15, 0.2) is 0 Å². The van der Waals surface area contributed by atoms with Crippen molar-refractivity contribution in [1.82, 2.24) is 0 Å². The van der Waals surface area contributed by atoms with E-state index in [-0.39, 0.29) is 11.9 Å². The molecule has 250 valence electrons. The predicted octanol–water partition coefficient (Wildman–Crippen LogP) is 14.9. The van der Waals surface area contributed by atoms with E-state index < -0.39 is 0 Å². The molecule has 0 saturated carbocycles. The van der Waals surface area contributed by atoms with Crippen molar-refractivity contribution in [3.63, 3.8) is 0 Å². The third-order valence-corrected chi connectivity index (χ3v) is 5.84. The second-order valence-electron chi connectivity index (χ2n) is 10.6. The predicted molar refractivity (Wildman–Crippen MR) is 190 cm³/mol. The summed E-state index contributed by atoms with van der Waals surface area (Å²) in [7, 11) is 0. The van der Waals surface area contributed by atoms with Crippen LogP contribution < -0.4 is 0 Å². The molecule has 0 aromatic rings. The molecule has 0 amide bonds. The summed E-state index contributed by atoms with van der Waals surface area (Å²) in [6, 6.07) is 0. The van der Waals surface area contributed by atoms with E-state index in [1.54, 1.807) is 0 Å². The zero-order valence-corrected chi connectivity index (χ0v) is 31.2. The standard InChI is InChI=1S/C21H42O2.C7H16.2C3H8.2C2H6/c1-4-6-8-10-11-12-13-15-17-19-23-21(22)20(3)18-16-14-9-7-5-2;1-3-5-7-6-4-2;2*1-3-2;2*1-2/h20H,4-19H2,1-3H3;3-7H2,1-2H3;2*3H2,1-2H3;2*1-2H3. The minimum absolute atomic E-state index is 0.0139. The van der Waals surface area contributed by atoms with Crippen molar-refractivity contribution in [3.05, 3.63) is 0 Å². The number of ether oxygens (including phenoxy) is 1. The Morgan fingerprint density at radius 1 is 0.450 bits per heavy atom. The van der Waals surface area contributed by atoms with Gasteiger partial charge in [-0.1, -0.05) is 218 Å². The molecule has 0 fully saturated rings. The highest BCUT2D eigenvalue weighted by molar-refractivity contribution is 5.71. The summed E-state index contributed by atoms with van der Waals surface area (Å²) in [4.78, 5) is 11.9. The maximum absolute atomic E-state index is 11.9. The lowest BCUT2D eigenvalue weighted by Gasteiger charge is -2.11. The molecule has 0 aromatic heterocycles. The van der Waals surface area contributed by atoms with E-state index in [2.05, 4.69) is 55.4 Å². The molecule has 0 aliphatic heterocycles. The lowest BCUT2D eigenvalue weighted by Crippen LogP contribution is -2.15. The number of hydrogen-bond donors (Lipinski definition) is 0. The van der Waals surface area contributed by atoms with Gasteiger partial charge in [0.2, 0.25) is 0 Å². The van der Waals surface area contributed by atoms with Crippen LogP contribution in [0, 0.1) is 5.92 Å². The molecule has 0 N–H and O–H groups in total. The van der Waals surface area contributed by atoms with Crippen LogP contribution in [0.5, 0.6) is 0 Å². The molecule has 1 unspecified atom stereocenters. The van der Waals surface area contributed by atoms with Crippen LogP contribution in [0.1, 0.15) is 231 Å². The fourth-order valence-electron chi connectivity index (χ4n) is 3.58. The summed E-state index contributed by atoms with van der Waals surface area (Å²) >= 11 is 0. The molecule has 0 rings (SSSR count). The van der Waals surface area contributed by atoms with Gasteiger partial charge in [-0.15, -0.1) is 0 Å². The molecule has 0 saturated heterocycles. The van der Waals surface area contributed by atoms with Crippen LogP contribution in [0.4, 0.5) is 0 Å². The summed E-state index contributed by atoms with van der Waals surface area (Å²) in [6.45, 7) is 28.1. The minimum atomic E-state index is 0.0139. The first-order chi connectivity index (χ1) is 19.5. The smallest absolute Gasteiger partial charge is 0.308 e. The second kappa shape index (κ2) is 62.2. The average Bonchev–Trinajstić information content (AvgIpc) is 2.97. The van der Waals surface area contributed by atoms with Crippen molar-refractivity contribution in [2.24, 2.45) is 5.92 Å². The van der Waals surface area contributed by atoms with Gasteiger partial charge in [-0.25, -0.2) is 0 Å². The minimum Gasteiger partial charge on any atom is -0.465 e. The molecule has 40 heavy (non-hydrogen) atoms. The Balaban J connectivity index is -0.000000139. The quantitative estimate of drug-likeness (QED) is 0.101. The SMILES string of the molecule is CC.CC.CCC.CCC.CCCCCCC.CCCCCCCCCCCOC(=O)C(C)CCCCCCC. The molecule has 0 aliphatic rings. The Labute approximate surface area is 259 Å². The first-order valence-electron chi connectivity index (χ1n) is 18.6. The molecular weight excluding hydrogens is 488 g/mol. The Morgan fingerprint density at radius 3 is 1.02 bits per heavy atom. The van der Waals surface area contributed by atoms with Gasteiger partial charge in [-0.2, -0.15) is 0 Å². The Kier molecular flexibility index (Phi) is 81.1. The van der Waals surface area contributed by atoms with Crippen LogP contribution >= 0.6 is 0 Å². The molecule has 0 aromatic carbocycles. The van der Waals surface area contributed by atoms with E-state index in [0.29, 0.717) is 6.61 Å². The number of carbonyl (C=O) groups is 1. The van der Waals surface area contributed by atoms with E-state index in [9.17, 15) is 4.79 Å². The van der Waals surface area contributed by atoms with Crippen LogP contribution in [0.2, 0.25) is 0 Å². The van der Waals surface area contributed by atoms with Crippen LogP contribution in [0.25, 0.3) is 0 Å². The Bertz CT molecular complexity index is 334. The van der Waals surface area contributed by atoms with Gasteiger partial charge in [-0.05, 0) is 12.8 Å². The summed E-state index contributed by atoms with van der Waals surface area (Å²) in [6.07, 6.45) is 28.5. The molecule has 2 nitrogen and oxygen atoms in total. The zero-order valence-electron chi connectivity index (χ0n) is 31.2. The third-order valence-electron chi connectivity index (χ3n) is 5.84. The molecule has 1 atom stereocenters. The van der Waals surface area contributed by atoms with Crippen LogP contribution in [0.3, 0.4) is 0 Å². The molecule has 0 bridgehead atoms. The molecule has 0 spiro atoms. The lowest BCUT2D eigenvalue weighted by atomic mass is 10.0. The summed E-state index contributed by atoms with van der Waals surface area (Å²) in [5.74, 6) is 0.0928. The first-order valence-corrected chi connectivity index (χ1v) is 18.6. The highest BCUT2D eigenvalue weighted by Gasteiger charge is 2.13. The Hall–Kier alpha value is -0.530. The Morgan fingerprint density at radius 2 is 0.700 bits per heavy atom. The van der Waals surface area contributed by atoms with Gasteiger partial charge < -0.3 is 4.74 Å². The van der Waals surface area contributed by atoms with Crippen molar-refractivity contribution >= 4 is 5.97 Å². The monoisotopic (exact) mass is 575 g/mol. The summed E-state index contributed by atoms with van der Waals surface area (Å²) in [5.41, 5.74) is 0. The highest BCUT2D eigenvalue weighted by atomic mass is 16.5. The topological polar surface area (TPSA) is 26.3 Å². The maximum Gasteiger partial charge on any atom is 0.308 e. The first kappa shape index (κ1) is 52.1. The zero-order chi connectivity index (χ0) is 32.1. The summed E-state index contributed by atoms with van der Waals surface area (Å²) < 4.78 is 5.40. The van der Waals surface area contributed by atoms with E-state index in [4.69, 9.17) is 4.74 Å². The molecular formula is C38H86O2. The molecule has 2 heteroatoms. The van der Waals surface area contributed by atoms with Crippen LogP contribution in [-0.4, -0.2) is 12.6 Å². The summed E-state index contributed by atoms with van der Waals surface area (Å²) in [5, 5.41) is 0. The average molecular weight is 575 g/mol. The van der Waals surface area contributed by atoms with Crippen molar-refractivity contribution in [1.29, 1.82) is 0 Å². The van der Waals surface area contributed by atoms with Gasteiger partial charge >= 0.3 is 5.97 Å². The van der Waals surface area contributed by atoms with Crippen molar-refractivity contribution in [2.45, 2.75) is 231 Å². The van der Waals surface area contributed by atoms with E-state index in [1.165, 1.54) is 122 Å². The molecule has 0 aliphatic carbocycles. The maximum atomic E-state index is 11.9. The lowest BCUT2D eigenvalue weighted by molar-refractivity contribution is -0.148. The van der Waals surface area contributed by atoms with Crippen molar-refractivity contribution in [3.8, 4) is 0 Å². The van der Waals surface area contributed by atoms with Gasteiger partial charge in [0.1, 0.15) is 0 Å². The van der Waals surface area contributed by atoms with Crippen LogP contribution in [-0.2, 0) is 9.53 Å². The number of esters is 1. The number of unbranched alkanes of at least 4 members (excludes halogenated alkanes) is 16. The van der Waals surface area contributed by atoms with E-state index in [0.717, 1.165) is 19.3 Å². The van der Waals surface area contributed by atoms with Crippen LogP contribution in [0.15, 0.2) is 0 Å². The molecule has 0 heterocycles. The van der Waals surface area contributed by atoms with Crippen molar-refractivity contribution < 1.29 is 9.53 Å². The van der Waals surface area contributed by atoms with Gasteiger partial charge in [0.25, 0.3) is 0 Å². The van der Waals surface area contributed by atoms with Gasteiger partial charge in [0.05, 0.1) is 12.5 Å². The van der Waals surface area contributed by atoms with E-state index >= 15 is 0 Å². The second-order valence-corrected chi connectivity index (χ2v) is 10.6. The molecule has 0 radical (unpaired) electrons.